The number of nitrogens with one attached hydrogen (secondary N) is 2. The number of amides is 1. The lowest BCUT2D eigenvalue weighted by Gasteiger charge is -2.24. The summed E-state index contributed by atoms with van der Waals surface area (Å²) in [4.78, 5) is 13.1. The second-order valence-corrected chi connectivity index (χ2v) is 9.99. The highest BCUT2D eigenvalue weighted by Crippen LogP contribution is 2.26. The summed E-state index contributed by atoms with van der Waals surface area (Å²) in [5, 5.41) is 2.93. The lowest BCUT2D eigenvalue weighted by molar-refractivity contribution is -0.125. The SMILES string of the molecule is CC(C)(C(=O)NCc1ccccc1NS(=O)(=O)c1ccccc1)c1ccc(Br)cc1. The minimum Gasteiger partial charge on any atom is -0.351 e. The van der Waals surface area contributed by atoms with E-state index in [1.807, 2.05) is 44.2 Å². The maximum atomic E-state index is 12.9. The Morgan fingerprint density at radius 3 is 2.17 bits per heavy atom. The van der Waals surface area contributed by atoms with Crippen LogP contribution in [0.1, 0.15) is 25.0 Å². The second-order valence-electron chi connectivity index (χ2n) is 7.39. The third-order valence-corrected chi connectivity index (χ3v) is 6.80. The van der Waals surface area contributed by atoms with Crippen molar-refractivity contribution in [3.8, 4) is 0 Å². The second kappa shape index (κ2) is 9.02. The zero-order valence-corrected chi connectivity index (χ0v) is 19.1. The Balaban J connectivity index is 1.75. The number of halogens is 1. The van der Waals surface area contributed by atoms with E-state index in [0.717, 1.165) is 10.0 Å². The monoisotopic (exact) mass is 486 g/mol. The van der Waals surface area contributed by atoms with Crippen molar-refractivity contribution in [2.75, 3.05) is 4.72 Å². The van der Waals surface area contributed by atoms with Crippen molar-refractivity contribution in [3.63, 3.8) is 0 Å². The van der Waals surface area contributed by atoms with E-state index < -0.39 is 15.4 Å². The van der Waals surface area contributed by atoms with Gasteiger partial charge in [0.05, 0.1) is 16.0 Å². The average Bonchev–Trinajstić information content (AvgIpc) is 2.73. The Labute approximate surface area is 185 Å². The Morgan fingerprint density at radius 1 is 0.900 bits per heavy atom. The van der Waals surface area contributed by atoms with E-state index in [1.165, 1.54) is 12.1 Å². The first-order valence-corrected chi connectivity index (χ1v) is 11.7. The zero-order valence-electron chi connectivity index (χ0n) is 16.7. The molecule has 0 aliphatic carbocycles. The van der Waals surface area contributed by atoms with Crippen molar-refractivity contribution in [1.82, 2.24) is 5.32 Å². The van der Waals surface area contributed by atoms with Crippen LogP contribution < -0.4 is 10.0 Å². The maximum Gasteiger partial charge on any atom is 0.261 e. The lowest BCUT2D eigenvalue weighted by Crippen LogP contribution is -2.39. The fourth-order valence-corrected chi connectivity index (χ4v) is 4.36. The summed E-state index contributed by atoms with van der Waals surface area (Å²) in [6.45, 7) is 3.91. The number of benzene rings is 3. The number of rotatable bonds is 7. The van der Waals surface area contributed by atoms with Gasteiger partial charge in [0.15, 0.2) is 0 Å². The largest absolute Gasteiger partial charge is 0.351 e. The van der Waals surface area contributed by atoms with Crippen molar-refractivity contribution in [2.45, 2.75) is 30.7 Å². The molecule has 0 atom stereocenters. The van der Waals surface area contributed by atoms with Crippen LogP contribution in [-0.2, 0) is 26.8 Å². The lowest BCUT2D eigenvalue weighted by atomic mass is 9.83. The molecule has 3 aromatic carbocycles. The molecule has 0 aromatic heterocycles. The van der Waals surface area contributed by atoms with E-state index in [0.29, 0.717) is 11.3 Å². The van der Waals surface area contributed by atoms with Crippen molar-refractivity contribution in [3.05, 3.63) is 94.5 Å². The number of para-hydroxylation sites is 1. The van der Waals surface area contributed by atoms with Gasteiger partial charge in [0.25, 0.3) is 10.0 Å². The summed E-state index contributed by atoms with van der Waals surface area (Å²) >= 11 is 3.40. The fraction of sp³-hybridized carbons (Fsp3) is 0.174. The van der Waals surface area contributed by atoms with Gasteiger partial charge in [0.1, 0.15) is 0 Å². The van der Waals surface area contributed by atoms with Crippen LogP contribution in [0, 0.1) is 0 Å². The third kappa shape index (κ3) is 5.09. The van der Waals surface area contributed by atoms with Gasteiger partial charge in [-0.25, -0.2) is 8.42 Å². The molecule has 0 aliphatic rings. The number of carbonyl (C=O) groups is 1. The number of carbonyl (C=O) groups excluding carboxylic acids is 1. The van der Waals surface area contributed by atoms with Crippen LogP contribution in [0.15, 0.2) is 88.2 Å². The molecule has 0 aliphatic heterocycles. The zero-order chi connectivity index (χ0) is 21.8. The van der Waals surface area contributed by atoms with Gasteiger partial charge in [0.2, 0.25) is 5.91 Å². The standard InChI is InChI=1S/C23H23BrN2O3S/c1-23(2,18-12-14-19(24)15-13-18)22(27)25-16-17-8-6-7-11-21(17)26-30(28,29)20-9-4-3-5-10-20/h3-15,26H,16H2,1-2H3,(H,25,27). The van der Waals surface area contributed by atoms with E-state index in [1.54, 1.807) is 36.4 Å². The quantitative estimate of drug-likeness (QED) is 0.501. The third-order valence-electron chi connectivity index (χ3n) is 4.89. The highest BCUT2D eigenvalue weighted by atomic mass is 79.9. The van der Waals surface area contributed by atoms with Gasteiger partial charge in [0, 0.05) is 11.0 Å². The molecular formula is C23H23BrN2O3S. The molecule has 0 radical (unpaired) electrons. The summed E-state index contributed by atoms with van der Waals surface area (Å²) < 4.78 is 28.9. The van der Waals surface area contributed by atoms with E-state index in [4.69, 9.17) is 0 Å². The average molecular weight is 487 g/mol. The predicted octanol–water partition coefficient (Wildman–Crippen LogP) is 4.84. The Kier molecular flexibility index (Phi) is 6.63. The molecule has 0 bridgehead atoms. The van der Waals surface area contributed by atoms with E-state index in [9.17, 15) is 13.2 Å². The molecule has 2 N–H and O–H groups in total. The molecule has 0 heterocycles. The molecule has 3 rings (SSSR count). The normalized spacial score (nSPS) is 11.7. The molecule has 0 fully saturated rings. The van der Waals surface area contributed by atoms with Gasteiger partial charge in [-0.05, 0) is 55.3 Å². The first kappa shape index (κ1) is 22.1. The van der Waals surface area contributed by atoms with E-state index in [2.05, 4.69) is 26.0 Å². The molecule has 7 heteroatoms. The molecule has 3 aromatic rings. The van der Waals surface area contributed by atoms with E-state index in [-0.39, 0.29) is 17.3 Å². The first-order valence-electron chi connectivity index (χ1n) is 9.40. The van der Waals surface area contributed by atoms with Crippen LogP contribution in [0.5, 0.6) is 0 Å². The number of anilines is 1. The molecule has 0 saturated heterocycles. The minimum atomic E-state index is -3.72. The molecule has 1 amide bonds. The summed E-state index contributed by atoms with van der Waals surface area (Å²) in [5.41, 5.74) is 1.26. The van der Waals surface area contributed by atoms with Crippen molar-refractivity contribution >= 4 is 37.5 Å². The highest BCUT2D eigenvalue weighted by molar-refractivity contribution is 9.10. The smallest absolute Gasteiger partial charge is 0.261 e. The van der Waals surface area contributed by atoms with Crippen LogP contribution in [0.2, 0.25) is 0 Å². The fourth-order valence-electron chi connectivity index (χ4n) is 2.97. The molecule has 0 saturated carbocycles. The topological polar surface area (TPSA) is 75.3 Å². The van der Waals surface area contributed by atoms with Gasteiger partial charge in [-0.3, -0.25) is 9.52 Å². The van der Waals surface area contributed by atoms with Gasteiger partial charge >= 0.3 is 0 Å². The van der Waals surface area contributed by atoms with Gasteiger partial charge < -0.3 is 5.32 Å². The van der Waals surface area contributed by atoms with Gasteiger partial charge in [-0.1, -0.05) is 64.5 Å². The molecule has 0 spiro atoms. The summed E-state index contributed by atoms with van der Waals surface area (Å²) in [6, 6.07) is 22.8. The number of hydrogen-bond acceptors (Lipinski definition) is 3. The van der Waals surface area contributed by atoms with Crippen LogP contribution >= 0.6 is 15.9 Å². The minimum absolute atomic E-state index is 0.148. The van der Waals surface area contributed by atoms with Crippen LogP contribution in [0.25, 0.3) is 0 Å². The summed E-state index contributed by atoms with van der Waals surface area (Å²) in [5.74, 6) is -0.148. The predicted molar refractivity (Wildman–Crippen MR) is 123 cm³/mol. The molecule has 30 heavy (non-hydrogen) atoms. The number of hydrogen-bond donors (Lipinski definition) is 2. The van der Waals surface area contributed by atoms with Crippen molar-refractivity contribution < 1.29 is 13.2 Å². The molecule has 0 unspecified atom stereocenters. The first-order chi connectivity index (χ1) is 14.2. The molecular weight excluding hydrogens is 464 g/mol. The van der Waals surface area contributed by atoms with Gasteiger partial charge in [-0.2, -0.15) is 0 Å². The molecule has 156 valence electrons. The summed E-state index contributed by atoms with van der Waals surface area (Å²) in [7, 11) is -3.72. The Morgan fingerprint density at radius 2 is 1.50 bits per heavy atom. The van der Waals surface area contributed by atoms with Crippen LogP contribution in [0.3, 0.4) is 0 Å². The van der Waals surface area contributed by atoms with Crippen molar-refractivity contribution in [1.29, 1.82) is 0 Å². The highest BCUT2D eigenvalue weighted by Gasteiger charge is 2.29. The van der Waals surface area contributed by atoms with Crippen LogP contribution in [0.4, 0.5) is 5.69 Å². The van der Waals surface area contributed by atoms with E-state index >= 15 is 0 Å². The Bertz CT molecular complexity index is 1130. The molecule has 5 nitrogen and oxygen atoms in total. The summed E-state index contributed by atoms with van der Waals surface area (Å²) in [6.07, 6.45) is 0. The van der Waals surface area contributed by atoms with Gasteiger partial charge in [-0.15, -0.1) is 0 Å². The van der Waals surface area contributed by atoms with Crippen LogP contribution in [-0.4, -0.2) is 14.3 Å². The Hall–Kier alpha value is -2.64. The number of sulfonamides is 1. The maximum absolute atomic E-state index is 12.9. The van der Waals surface area contributed by atoms with Crippen molar-refractivity contribution in [2.24, 2.45) is 0 Å².